The Balaban J connectivity index is 0.965. The monoisotopic (exact) mass is 818 g/mol. The third-order valence-electron chi connectivity index (χ3n) is 12.4. The second-order valence-electron chi connectivity index (χ2n) is 16.1. The van der Waals surface area contributed by atoms with Gasteiger partial charge in [-0.15, -0.1) is 0 Å². The summed E-state index contributed by atoms with van der Waals surface area (Å²) >= 11 is 0. The van der Waals surface area contributed by atoms with Crippen molar-refractivity contribution in [2.75, 3.05) is 0 Å². The molecule has 10 aromatic carbocycles. The molecule has 0 spiro atoms. The molecule has 13 rings (SSSR count). The van der Waals surface area contributed by atoms with Crippen molar-refractivity contribution in [2.24, 2.45) is 0 Å². The maximum absolute atomic E-state index is 7.05. The Morgan fingerprint density at radius 3 is 1.56 bits per heavy atom. The molecule has 0 amide bonds. The predicted octanol–water partition coefficient (Wildman–Crippen LogP) is 15.4. The fourth-order valence-corrected chi connectivity index (χ4v) is 9.35. The van der Waals surface area contributed by atoms with Crippen molar-refractivity contribution < 1.29 is 8.83 Å². The molecular weight excluding hydrogens is 785 g/mol. The van der Waals surface area contributed by atoms with Gasteiger partial charge in [0.15, 0.2) is 23.1 Å². The lowest BCUT2D eigenvalue weighted by atomic mass is 9.91. The SMILES string of the molecule is c1ccc(-c2nc(-c3ccccc3)nc(-c3ccc(-c4ccc(-c5cc6oc7ccccc7c6c6nc(-c7cccc8ccc9ccccc9c78)oc56)c5ccccc45)cc3)n2)cc1. The maximum atomic E-state index is 7.05. The Hall–Kier alpha value is -8.74. The highest BCUT2D eigenvalue weighted by atomic mass is 16.4. The van der Waals surface area contributed by atoms with Crippen LogP contribution in [0.4, 0.5) is 0 Å². The molecule has 0 radical (unpaired) electrons. The van der Waals surface area contributed by atoms with Crippen molar-refractivity contribution in [3.63, 3.8) is 0 Å². The van der Waals surface area contributed by atoms with Gasteiger partial charge in [0.1, 0.15) is 16.7 Å². The van der Waals surface area contributed by atoms with E-state index in [1.54, 1.807) is 0 Å². The summed E-state index contributed by atoms with van der Waals surface area (Å²) in [6.07, 6.45) is 0. The van der Waals surface area contributed by atoms with Crippen molar-refractivity contribution in [2.45, 2.75) is 0 Å². The Morgan fingerprint density at radius 1 is 0.297 bits per heavy atom. The summed E-state index contributed by atoms with van der Waals surface area (Å²) in [6.45, 7) is 0. The summed E-state index contributed by atoms with van der Waals surface area (Å²) in [6, 6.07) is 71.1. The van der Waals surface area contributed by atoms with Gasteiger partial charge >= 0.3 is 0 Å². The van der Waals surface area contributed by atoms with E-state index in [0.29, 0.717) is 23.4 Å². The zero-order valence-electron chi connectivity index (χ0n) is 34.2. The van der Waals surface area contributed by atoms with E-state index in [1.807, 2.05) is 78.9 Å². The highest BCUT2D eigenvalue weighted by molar-refractivity contribution is 6.22. The quantitative estimate of drug-likeness (QED) is 0.156. The summed E-state index contributed by atoms with van der Waals surface area (Å²) in [7, 11) is 0. The molecule has 0 aliphatic heterocycles. The van der Waals surface area contributed by atoms with E-state index in [9.17, 15) is 0 Å². The molecule has 6 nitrogen and oxygen atoms in total. The van der Waals surface area contributed by atoms with E-state index in [4.69, 9.17) is 28.8 Å². The molecule has 0 aliphatic rings. The summed E-state index contributed by atoms with van der Waals surface area (Å²) in [5, 5.41) is 8.74. The molecule has 0 saturated heterocycles. The number of para-hydroxylation sites is 1. The Bertz CT molecular complexity index is 3890. The van der Waals surface area contributed by atoms with Crippen molar-refractivity contribution in [1.82, 2.24) is 19.9 Å². The van der Waals surface area contributed by atoms with E-state index in [1.165, 1.54) is 5.39 Å². The number of hydrogen-bond donors (Lipinski definition) is 0. The lowest BCUT2D eigenvalue weighted by Crippen LogP contribution is -2.00. The van der Waals surface area contributed by atoms with Crippen LogP contribution in [0.15, 0.2) is 215 Å². The third-order valence-corrected chi connectivity index (χ3v) is 12.4. The fourth-order valence-electron chi connectivity index (χ4n) is 9.35. The molecule has 3 aromatic heterocycles. The number of aromatic nitrogens is 4. The zero-order chi connectivity index (χ0) is 42.1. The van der Waals surface area contributed by atoms with Gasteiger partial charge in [-0.05, 0) is 61.8 Å². The lowest BCUT2D eigenvalue weighted by molar-refractivity contribution is 0.621. The highest BCUT2D eigenvalue weighted by Gasteiger charge is 2.24. The van der Waals surface area contributed by atoms with Gasteiger partial charge in [0.05, 0.1) is 5.39 Å². The summed E-state index contributed by atoms with van der Waals surface area (Å²) < 4.78 is 13.6. The summed E-state index contributed by atoms with van der Waals surface area (Å²) in [4.78, 5) is 20.2. The number of benzene rings is 10. The first-order valence-electron chi connectivity index (χ1n) is 21.4. The molecule has 0 fully saturated rings. The van der Waals surface area contributed by atoms with Crippen LogP contribution in [0.5, 0.6) is 0 Å². The Morgan fingerprint density at radius 2 is 0.844 bits per heavy atom. The number of oxazole rings is 1. The van der Waals surface area contributed by atoms with E-state index in [-0.39, 0.29) is 0 Å². The first-order chi connectivity index (χ1) is 31.7. The summed E-state index contributed by atoms with van der Waals surface area (Å²) in [5.74, 6) is 2.46. The van der Waals surface area contributed by atoms with Crippen LogP contribution in [0, 0.1) is 0 Å². The number of fused-ring (bicyclic) bond motifs is 9. The molecule has 13 aromatic rings. The van der Waals surface area contributed by atoms with Crippen LogP contribution in [0.3, 0.4) is 0 Å². The van der Waals surface area contributed by atoms with Gasteiger partial charge in [0.2, 0.25) is 5.89 Å². The van der Waals surface area contributed by atoms with Crippen molar-refractivity contribution in [1.29, 1.82) is 0 Å². The van der Waals surface area contributed by atoms with Gasteiger partial charge in [-0.25, -0.2) is 19.9 Å². The zero-order valence-corrected chi connectivity index (χ0v) is 34.2. The van der Waals surface area contributed by atoms with E-state index in [2.05, 4.69) is 127 Å². The van der Waals surface area contributed by atoms with Gasteiger partial charge in [-0.3, -0.25) is 0 Å². The smallest absolute Gasteiger partial charge is 0.228 e. The van der Waals surface area contributed by atoms with Crippen LogP contribution in [-0.2, 0) is 0 Å². The Kier molecular flexibility index (Phi) is 8.11. The van der Waals surface area contributed by atoms with Crippen LogP contribution < -0.4 is 0 Å². The normalized spacial score (nSPS) is 11.8. The molecule has 3 heterocycles. The van der Waals surface area contributed by atoms with E-state index >= 15 is 0 Å². The summed E-state index contributed by atoms with van der Waals surface area (Å²) in [5.41, 5.74) is 10.9. The van der Waals surface area contributed by atoms with Crippen LogP contribution in [0.25, 0.3) is 133 Å². The molecule has 0 atom stereocenters. The molecule has 0 N–H and O–H groups in total. The second kappa shape index (κ2) is 14.4. The molecular formula is C58H34N4O2. The lowest BCUT2D eigenvalue weighted by Gasteiger charge is -2.13. The number of nitrogens with zero attached hydrogens (tertiary/aromatic N) is 4. The van der Waals surface area contributed by atoms with E-state index in [0.717, 1.165) is 104 Å². The van der Waals surface area contributed by atoms with Crippen LogP contribution in [-0.4, -0.2) is 19.9 Å². The van der Waals surface area contributed by atoms with Gasteiger partial charge in [-0.2, -0.15) is 0 Å². The van der Waals surface area contributed by atoms with Crippen molar-refractivity contribution in [3.05, 3.63) is 206 Å². The van der Waals surface area contributed by atoms with Crippen molar-refractivity contribution >= 4 is 65.4 Å². The molecule has 64 heavy (non-hydrogen) atoms. The number of furan rings is 1. The predicted molar refractivity (Wildman–Crippen MR) is 260 cm³/mol. The van der Waals surface area contributed by atoms with Crippen LogP contribution in [0.2, 0.25) is 0 Å². The van der Waals surface area contributed by atoms with Crippen molar-refractivity contribution in [3.8, 4) is 67.9 Å². The fraction of sp³-hybridized carbons (Fsp3) is 0. The Labute approximate surface area is 366 Å². The minimum absolute atomic E-state index is 0.571. The van der Waals surface area contributed by atoms with Gasteiger partial charge in [0, 0.05) is 38.6 Å². The van der Waals surface area contributed by atoms with Gasteiger partial charge < -0.3 is 8.83 Å². The largest absolute Gasteiger partial charge is 0.456 e. The third kappa shape index (κ3) is 5.81. The minimum Gasteiger partial charge on any atom is -0.456 e. The average molecular weight is 819 g/mol. The second-order valence-corrected chi connectivity index (χ2v) is 16.1. The van der Waals surface area contributed by atoms with Gasteiger partial charge in [-0.1, -0.05) is 188 Å². The first kappa shape index (κ1) is 36.0. The van der Waals surface area contributed by atoms with E-state index < -0.39 is 0 Å². The standard InChI is InChI=1S/C58H34N4O2/c1-3-15-38(16-4-1)55-60-56(39-17-5-2-6-18-39)62-57(61-55)40-30-27-36(28-31-40)41-32-33-45(44-22-10-9-21-43(41)44)48-34-50-52(46-23-11-12-25-49(46)63-50)53-54(48)64-58(59-53)47-24-13-19-37-29-26-35-14-7-8-20-42(35)51(37)47/h1-34H. The molecule has 0 bridgehead atoms. The molecule has 298 valence electrons. The minimum atomic E-state index is 0.571. The molecule has 0 saturated carbocycles. The molecule has 0 unspecified atom stereocenters. The number of rotatable bonds is 6. The maximum Gasteiger partial charge on any atom is 0.228 e. The van der Waals surface area contributed by atoms with Crippen LogP contribution >= 0.6 is 0 Å². The molecule has 0 aliphatic carbocycles. The topological polar surface area (TPSA) is 77.8 Å². The molecule has 6 heteroatoms. The first-order valence-corrected chi connectivity index (χ1v) is 21.4. The number of hydrogen-bond acceptors (Lipinski definition) is 6. The van der Waals surface area contributed by atoms with Crippen LogP contribution in [0.1, 0.15) is 0 Å². The van der Waals surface area contributed by atoms with Gasteiger partial charge in [0.25, 0.3) is 0 Å². The average Bonchev–Trinajstić information content (AvgIpc) is 3.98. The highest BCUT2D eigenvalue weighted by Crippen LogP contribution is 2.45.